The molecular weight excluding hydrogens is 452 g/mol. The molecule has 1 aliphatic rings. The molecule has 0 spiro atoms. The maximum absolute atomic E-state index is 13.1. The number of rotatable bonds is 5. The summed E-state index contributed by atoms with van der Waals surface area (Å²) in [7, 11) is -3.62. The Bertz CT molecular complexity index is 1440. The van der Waals surface area contributed by atoms with E-state index in [4.69, 9.17) is 9.72 Å². The van der Waals surface area contributed by atoms with Crippen molar-refractivity contribution in [3.05, 3.63) is 84.1 Å². The summed E-state index contributed by atoms with van der Waals surface area (Å²) < 4.78 is 34.2. The SMILES string of the molecule is Cc1ccn2c(NC(=O)c3ccc(S(=O)(=O)N4CCOCC4)cc3)c(-c3ccccc3)nc2c1. The molecule has 2 aromatic heterocycles. The molecule has 1 fully saturated rings. The van der Waals surface area contributed by atoms with Crippen LogP contribution in [0, 0.1) is 6.92 Å². The lowest BCUT2D eigenvalue weighted by Gasteiger charge is -2.26. The Balaban J connectivity index is 1.45. The second-order valence-electron chi connectivity index (χ2n) is 8.10. The van der Waals surface area contributed by atoms with Gasteiger partial charge in [-0.3, -0.25) is 9.20 Å². The Kier molecular flexibility index (Phi) is 5.91. The van der Waals surface area contributed by atoms with E-state index in [1.165, 1.54) is 28.6 Å². The molecule has 174 valence electrons. The highest BCUT2D eigenvalue weighted by atomic mass is 32.2. The third-order valence-electron chi connectivity index (χ3n) is 5.79. The number of nitrogens with zero attached hydrogens (tertiary/aromatic N) is 3. The van der Waals surface area contributed by atoms with E-state index in [0.717, 1.165) is 16.8 Å². The Morgan fingerprint density at radius 2 is 1.71 bits per heavy atom. The van der Waals surface area contributed by atoms with Crippen LogP contribution in [-0.4, -0.2) is 54.3 Å². The van der Waals surface area contributed by atoms with Crippen LogP contribution < -0.4 is 5.32 Å². The number of hydrogen-bond acceptors (Lipinski definition) is 5. The van der Waals surface area contributed by atoms with Gasteiger partial charge in [0.2, 0.25) is 10.0 Å². The fourth-order valence-electron chi connectivity index (χ4n) is 3.96. The number of ether oxygens (including phenoxy) is 1. The largest absolute Gasteiger partial charge is 0.379 e. The summed E-state index contributed by atoms with van der Waals surface area (Å²) in [4.78, 5) is 18.0. The van der Waals surface area contributed by atoms with Gasteiger partial charge in [0.05, 0.1) is 18.1 Å². The maximum Gasteiger partial charge on any atom is 0.256 e. The lowest BCUT2D eigenvalue weighted by molar-refractivity contribution is 0.0730. The predicted molar refractivity (Wildman–Crippen MR) is 129 cm³/mol. The first-order chi connectivity index (χ1) is 16.4. The summed E-state index contributed by atoms with van der Waals surface area (Å²) in [5, 5.41) is 2.97. The molecule has 9 heteroatoms. The summed E-state index contributed by atoms with van der Waals surface area (Å²) in [5.74, 6) is 0.200. The van der Waals surface area contributed by atoms with Crippen molar-refractivity contribution < 1.29 is 17.9 Å². The zero-order chi connectivity index (χ0) is 23.7. The number of benzene rings is 2. The number of anilines is 1. The van der Waals surface area contributed by atoms with E-state index in [1.807, 2.05) is 60.0 Å². The van der Waals surface area contributed by atoms with Gasteiger partial charge < -0.3 is 10.1 Å². The standard InChI is InChI=1S/C25H24N4O4S/c1-18-11-12-29-22(17-18)26-23(19-5-3-2-4-6-19)24(29)27-25(30)20-7-9-21(10-8-20)34(31,32)28-13-15-33-16-14-28/h2-12,17H,13-16H2,1H3,(H,27,30). The highest BCUT2D eigenvalue weighted by Gasteiger charge is 2.26. The number of morpholine rings is 1. The van der Waals surface area contributed by atoms with Crippen LogP contribution in [0.4, 0.5) is 5.82 Å². The molecule has 8 nitrogen and oxygen atoms in total. The molecule has 2 aromatic carbocycles. The second kappa shape index (κ2) is 9.02. The molecule has 5 rings (SSSR count). The molecule has 34 heavy (non-hydrogen) atoms. The first kappa shape index (κ1) is 22.3. The zero-order valence-electron chi connectivity index (χ0n) is 18.6. The average molecular weight is 477 g/mol. The van der Waals surface area contributed by atoms with Crippen LogP contribution >= 0.6 is 0 Å². The van der Waals surface area contributed by atoms with E-state index in [2.05, 4.69) is 5.32 Å². The topological polar surface area (TPSA) is 93.0 Å². The number of carbonyl (C=O) groups excluding carboxylic acids is 1. The average Bonchev–Trinajstić information content (AvgIpc) is 3.22. The number of sulfonamides is 1. The molecule has 1 aliphatic heterocycles. The van der Waals surface area contributed by atoms with Crippen molar-refractivity contribution in [2.45, 2.75) is 11.8 Å². The lowest BCUT2D eigenvalue weighted by atomic mass is 10.1. The number of amides is 1. The zero-order valence-corrected chi connectivity index (χ0v) is 19.5. The molecule has 0 unspecified atom stereocenters. The van der Waals surface area contributed by atoms with Gasteiger partial charge in [-0.15, -0.1) is 0 Å². The van der Waals surface area contributed by atoms with Gasteiger partial charge >= 0.3 is 0 Å². The number of carbonyl (C=O) groups is 1. The predicted octanol–water partition coefficient (Wildman–Crippen LogP) is 3.58. The molecule has 0 atom stereocenters. The number of pyridine rings is 1. The molecule has 4 aromatic rings. The van der Waals surface area contributed by atoms with Gasteiger partial charge in [0.25, 0.3) is 5.91 Å². The highest BCUT2D eigenvalue weighted by molar-refractivity contribution is 7.89. The monoisotopic (exact) mass is 476 g/mol. The van der Waals surface area contributed by atoms with Crippen LogP contribution in [0.1, 0.15) is 15.9 Å². The maximum atomic E-state index is 13.1. The fraction of sp³-hybridized carbons (Fsp3) is 0.200. The van der Waals surface area contributed by atoms with Crippen LogP contribution in [0.5, 0.6) is 0 Å². The number of nitrogens with one attached hydrogen (secondary N) is 1. The first-order valence-corrected chi connectivity index (χ1v) is 12.4. The Morgan fingerprint density at radius 1 is 1.00 bits per heavy atom. The Labute approximate surface area is 197 Å². The molecule has 3 heterocycles. The van der Waals surface area contributed by atoms with Crippen LogP contribution in [0.25, 0.3) is 16.9 Å². The summed E-state index contributed by atoms with van der Waals surface area (Å²) in [6.45, 7) is 3.38. The van der Waals surface area contributed by atoms with Crippen LogP contribution in [0.2, 0.25) is 0 Å². The third kappa shape index (κ3) is 4.21. The van der Waals surface area contributed by atoms with Crippen LogP contribution in [0.15, 0.2) is 77.8 Å². The lowest BCUT2D eigenvalue weighted by Crippen LogP contribution is -2.40. The van der Waals surface area contributed by atoms with Gasteiger partial charge in [-0.2, -0.15) is 4.31 Å². The number of imidazole rings is 1. The number of aryl methyl sites for hydroxylation is 1. The van der Waals surface area contributed by atoms with Gasteiger partial charge in [0.1, 0.15) is 17.2 Å². The quantitative estimate of drug-likeness (QED) is 0.475. The van der Waals surface area contributed by atoms with Gasteiger partial charge in [0, 0.05) is 30.4 Å². The summed E-state index contributed by atoms with van der Waals surface area (Å²) in [6.07, 6.45) is 1.87. The van der Waals surface area contributed by atoms with E-state index >= 15 is 0 Å². The van der Waals surface area contributed by atoms with Crippen molar-refractivity contribution in [1.82, 2.24) is 13.7 Å². The molecule has 1 amide bonds. The smallest absolute Gasteiger partial charge is 0.256 e. The van der Waals surface area contributed by atoms with E-state index in [1.54, 1.807) is 0 Å². The minimum Gasteiger partial charge on any atom is -0.379 e. The molecule has 0 bridgehead atoms. The molecule has 0 radical (unpaired) electrons. The number of aromatic nitrogens is 2. The van der Waals surface area contributed by atoms with Crippen LogP contribution in [0.3, 0.4) is 0 Å². The molecular formula is C25H24N4O4S. The van der Waals surface area contributed by atoms with Crippen molar-refractivity contribution in [3.8, 4) is 11.3 Å². The van der Waals surface area contributed by atoms with Crippen molar-refractivity contribution in [3.63, 3.8) is 0 Å². The van der Waals surface area contributed by atoms with Gasteiger partial charge in [-0.05, 0) is 48.9 Å². The Hall–Kier alpha value is -3.53. The fourth-order valence-corrected chi connectivity index (χ4v) is 5.37. The number of hydrogen-bond donors (Lipinski definition) is 1. The van der Waals surface area contributed by atoms with Crippen molar-refractivity contribution in [2.75, 3.05) is 31.6 Å². The summed E-state index contributed by atoms with van der Waals surface area (Å²) in [6, 6.07) is 19.5. The van der Waals surface area contributed by atoms with Gasteiger partial charge in [0.15, 0.2) is 0 Å². The summed E-state index contributed by atoms with van der Waals surface area (Å²) >= 11 is 0. The molecule has 1 N–H and O–H groups in total. The molecule has 0 saturated carbocycles. The number of fused-ring (bicyclic) bond motifs is 1. The van der Waals surface area contributed by atoms with E-state index in [-0.39, 0.29) is 10.8 Å². The highest BCUT2D eigenvalue weighted by Crippen LogP contribution is 2.29. The Morgan fingerprint density at radius 3 is 2.41 bits per heavy atom. The molecule has 0 aliphatic carbocycles. The van der Waals surface area contributed by atoms with Gasteiger partial charge in [-0.25, -0.2) is 13.4 Å². The minimum absolute atomic E-state index is 0.154. The molecule has 1 saturated heterocycles. The van der Waals surface area contributed by atoms with E-state index in [9.17, 15) is 13.2 Å². The van der Waals surface area contributed by atoms with Crippen molar-refractivity contribution in [1.29, 1.82) is 0 Å². The minimum atomic E-state index is -3.62. The van der Waals surface area contributed by atoms with Crippen molar-refractivity contribution >= 4 is 27.4 Å². The van der Waals surface area contributed by atoms with E-state index < -0.39 is 10.0 Å². The van der Waals surface area contributed by atoms with Crippen molar-refractivity contribution in [2.24, 2.45) is 0 Å². The van der Waals surface area contributed by atoms with Gasteiger partial charge in [-0.1, -0.05) is 30.3 Å². The normalized spacial score (nSPS) is 14.9. The second-order valence-corrected chi connectivity index (χ2v) is 10.0. The summed E-state index contributed by atoms with van der Waals surface area (Å²) in [5.41, 5.74) is 3.67. The third-order valence-corrected chi connectivity index (χ3v) is 7.70. The van der Waals surface area contributed by atoms with Crippen LogP contribution in [-0.2, 0) is 14.8 Å². The first-order valence-electron chi connectivity index (χ1n) is 11.0. The van der Waals surface area contributed by atoms with E-state index in [0.29, 0.717) is 43.4 Å².